The minimum atomic E-state index is -0.355. The minimum absolute atomic E-state index is 0.261. The number of ether oxygens (including phenoxy) is 1. The molecule has 0 unspecified atom stereocenters. The predicted octanol–water partition coefficient (Wildman–Crippen LogP) is 8.06. The molecule has 0 aliphatic carbocycles. The van der Waals surface area contributed by atoms with E-state index in [-0.39, 0.29) is 16.0 Å². The van der Waals surface area contributed by atoms with Crippen LogP contribution in [-0.2, 0) is 0 Å². The summed E-state index contributed by atoms with van der Waals surface area (Å²) in [6.45, 7) is 0. The van der Waals surface area contributed by atoms with E-state index in [2.05, 4.69) is 37.2 Å². The summed E-state index contributed by atoms with van der Waals surface area (Å²) in [5.41, 5.74) is 2.61. The van der Waals surface area contributed by atoms with Gasteiger partial charge in [-0.25, -0.2) is 4.98 Å². The summed E-state index contributed by atoms with van der Waals surface area (Å²) in [4.78, 5) is 17.7. The second-order valence-electron chi connectivity index (χ2n) is 6.22. The zero-order chi connectivity index (χ0) is 21.4. The van der Waals surface area contributed by atoms with Crippen LogP contribution in [0.2, 0.25) is 10.0 Å². The molecule has 0 bridgehead atoms. The molecule has 1 aromatic heterocycles. The van der Waals surface area contributed by atoms with Gasteiger partial charge in [0.1, 0.15) is 5.01 Å². The third kappa shape index (κ3) is 4.22. The molecule has 1 N–H and O–H groups in total. The summed E-state index contributed by atoms with van der Waals surface area (Å²) in [7, 11) is 1.47. The fourth-order valence-corrected chi connectivity index (χ4v) is 5.88. The summed E-state index contributed by atoms with van der Waals surface area (Å²) < 4.78 is 7.79. The number of para-hydroxylation sites is 1. The van der Waals surface area contributed by atoms with Crippen molar-refractivity contribution in [2.24, 2.45) is 0 Å². The van der Waals surface area contributed by atoms with Crippen molar-refractivity contribution in [3.63, 3.8) is 0 Å². The normalized spacial score (nSPS) is 11.0. The van der Waals surface area contributed by atoms with Crippen LogP contribution in [0.1, 0.15) is 10.4 Å². The largest absolute Gasteiger partial charge is 0.494 e. The Kier molecular flexibility index (Phi) is 6.36. The third-order valence-corrected chi connectivity index (χ3v) is 7.00. The number of nitrogens with zero attached hydrogens (tertiary/aromatic N) is 1. The zero-order valence-corrected chi connectivity index (χ0v) is 20.8. The number of thiazole rings is 1. The van der Waals surface area contributed by atoms with Crippen molar-refractivity contribution in [1.82, 2.24) is 4.98 Å². The molecule has 30 heavy (non-hydrogen) atoms. The molecule has 1 amide bonds. The van der Waals surface area contributed by atoms with Gasteiger partial charge < -0.3 is 10.1 Å². The lowest BCUT2D eigenvalue weighted by Crippen LogP contribution is -2.13. The molecule has 4 nitrogen and oxygen atoms in total. The molecule has 0 aliphatic heterocycles. The van der Waals surface area contributed by atoms with Gasteiger partial charge in [-0.1, -0.05) is 51.3 Å². The lowest BCUT2D eigenvalue weighted by molar-refractivity contribution is 0.102. The molecule has 152 valence electrons. The van der Waals surface area contributed by atoms with Gasteiger partial charge in [0.25, 0.3) is 5.91 Å². The molecular weight excluding hydrogens is 575 g/mol. The van der Waals surface area contributed by atoms with Gasteiger partial charge in [0.05, 0.1) is 33.1 Å². The van der Waals surface area contributed by atoms with E-state index in [9.17, 15) is 4.79 Å². The van der Waals surface area contributed by atoms with Gasteiger partial charge in [-0.3, -0.25) is 4.79 Å². The Hall–Kier alpha value is -1.64. The molecule has 0 aliphatic rings. The molecule has 4 rings (SSSR count). The zero-order valence-electron chi connectivity index (χ0n) is 15.3. The van der Waals surface area contributed by atoms with E-state index in [0.717, 1.165) is 25.3 Å². The van der Waals surface area contributed by atoms with Crippen LogP contribution >= 0.6 is 66.4 Å². The van der Waals surface area contributed by atoms with Crippen molar-refractivity contribution >= 4 is 88.2 Å². The van der Waals surface area contributed by atoms with E-state index in [1.165, 1.54) is 19.2 Å². The SMILES string of the molecule is COc1c(Cl)cc(C(=O)Nc2c(Br)cc(Br)cc2-c2nc3ccccc3s2)cc1Cl. The predicted molar refractivity (Wildman–Crippen MR) is 131 cm³/mol. The summed E-state index contributed by atoms with van der Waals surface area (Å²) in [5, 5.41) is 4.27. The number of aromatic nitrogens is 1. The van der Waals surface area contributed by atoms with Crippen LogP contribution < -0.4 is 10.1 Å². The van der Waals surface area contributed by atoms with Crippen LogP contribution in [0.3, 0.4) is 0 Å². The second kappa shape index (κ2) is 8.85. The van der Waals surface area contributed by atoms with Gasteiger partial charge in [0, 0.05) is 20.1 Å². The molecule has 0 saturated heterocycles. The number of carbonyl (C=O) groups is 1. The van der Waals surface area contributed by atoms with Crippen molar-refractivity contribution in [1.29, 1.82) is 0 Å². The van der Waals surface area contributed by atoms with E-state index < -0.39 is 0 Å². The maximum atomic E-state index is 13.0. The molecule has 3 aromatic carbocycles. The number of rotatable bonds is 4. The fraction of sp³-hybridized carbons (Fsp3) is 0.0476. The number of hydrogen-bond donors (Lipinski definition) is 1. The monoisotopic (exact) mass is 584 g/mol. The number of carbonyl (C=O) groups excluding carboxylic acids is 1. The number of amides is 1. The Morgan fingerprint density at radius 2 is 1.80 bits per heavy atom. The van der Waals surface area contributed by atoms with Crippen LogP contribution in [-0.4, -0.2) is 18.0 Å². The van der Waals surface area contributed by atoms with Crippen LogP contribution in [0.25, 0.3) is 20.8 Å². The fourth-order valence-electron chi connectivity index (χ4n) is 2.93. The van der Waals surface area contributed by atoms with E-state index in [0.29, 0.717) is 21.5 Å². The van der Waals surface area contributed by atoms with Crippen molar-refractivity contribution in [3.8, 4) is 16.3 Å². The smallest absolute Gasteiger partial charge is 0.255 e. The molecule has 0 radical (unpaired) electrons. The summed E-state index contributed by atoms with van der Waals surface area (Å²) in [6.07, 6.45) is 0. The number of anilines is 1. The highest BCUT2D eigenvalue weighted by Crippen LogP contribution is 2.41. The molecule has 0 atom stereocenters. The second-order valence-corrected chi connectivity index (χ2v) is 9.84. The summed E-state index contributed by atoms with van der Waals surface area (Å²) in [5.74, 6) is -0.0262. The van der Waals surface area contributed by atoms with Gasteiger partial charge in [-0.05, 0) is 52.3 Å². The highest BCUT2D eigenvalue weighted by atomic mass is 79.9. The standard InChI is InChI=1S/C21H12Br2Cl2N2O2S/c1-29-19-14(24)6-10(7-15(19)25)20(28)27-18-12(8-11(22)9-13(18)23)21-26-16-4-2-3-5-17(16)30-21/h2-9H,1H3,(H,27,28). The lowest BCUT2D eigenvalue weighted by Gasteiger charge is -2.14. The van der Waals surface area contributed by atoms with E-state index in [4.69, 9.17) is 32.9 Å². The van der Waals surface area contributed by atoms with Gasteiger partial charge in [-0.15, -0.1) is 11.3 Å². The average molecular weight is 587 g/mol. The number of methoxy groups -OCH3 is 1. The van der Waals surface area contributed by atoms with Crippen molar-refractivity contribution in [2.75, 3.05) is 12.4 Å². The first-order valence-corrected chi connectivity index (χ1v) is 11.7. The van der Waals surface area contributed by atoms with Gasteiger partial charge in [0.15, 0.2) is 5.75 Å². The topological polar surface area (TPSA) is 51.2 Å². The number of hydrogen-bond acceptors (Lipinski definition) is 4. The Labute approximate surface area is 203 Å². The maximum Gasteiger partial charge on any atom is 0.255 e. The minimum Gasteiger partial charge on any atom is -0.494 e. The Morgan fingerprint density at radius 3 is 2.47 bits per heavy atom. The van der Waals surface area contributed by atoms with E-state index in [1.807, 2.05) is 36.4 Å². The van der Waals surface area contributed by atoms with Crippen LogP contribution in [0.15, 0.2) is 57.5 Å². The van der Waals surface area contributed by atoms with Gasteiger partial charge in [-0.2, -0.15) is 0 Å². The van der Waals surface area contributed by atoms with E-state index >= 15 is 0 Å². The van der Waals surface area contributed by atoms with Crippen LogP contribution in [0.5, 0.6) is 5.75 Å². The maximum absolute atomic E-state index is 13.0. The lowest BCUT2D eigenvalue weighted by atomic mass is 10.1. The van der Waals surface area contributed by atoms with Gasteiger partial charge in [0.2, 0.25) is 0 Å². The Morgan fingerprint density at radius 1 is 1.10 bits per heavy atom. The molecular formula is C21H12Br2Cl2N2O2S. The Bertz CT molecular complexity index is 1240. The van der Waals surface area contributed by atoms with Crippen molar-refractivity contribution < 1.29 is 9.53 Å². The highest BCUT2D eigenvalue weighted by Gasteiger charge is 2.19. The number of halogens is 4. The van der Waals surface area contributed by atoms with Gasteiger partial charge >= 0.3 is 0 Å². The molecule has 0 spiro atoms. The highest BCUT2D eigenvalue weighted by molar-refractivity contribution is 9.11. The molecule has 9 heteroatoms. The Balaban J connectivity index is 1.77. The number of benzene rings is 3. The molecule has 1 heterocycles. The van der Waals surface area contributed by atoms with Crippen LogP contribution in [0, 0.1) is 0 Å². The number of fused-ring (bicyclic) bond motifs is 1. The molecule has 4 aromatic rings. The first-order valence-electron chi connectivity index (χ1n) is 8.56. The third-order valence-electron chi connectivity index (χ3n) is 4.28. The quantitative estimate of drug-likeness (QED) is 0.263. The number of nitrogens with one attached hydrogen (secondary N) is 1. The first kappa shape index (κ1) is 21.6. The first-order chi connectivity index (χ1) is 14.4. The van der Waals surface area contributed by atoms with Crippen molar-refractivity contribution in [2.45, 2.75) is 0 Å². The van der Waals surface area contributed by atoms with Crippen LogP contribution in [0.4, 0.5) is 5.69 Å². The molecule has 0 saturated carbocycles. The van der Waals surface area contributed by atoms with Crippen molar-refractivity contribution in [3.05, 3.63) is 73.1 Å². The summed E-state index contributed by atoms with van der Waals surface area (Å²) >= 11 is 21.0. The molecule has 0 fully saturated rings. The summed E-state index contributed by atoms with van der Waals surface area (Å²) in [6, 6.07) is 14.7. The average Bonchev–Trinajstić information content (AvgIpc) is 3.13. The van der Waals surface area contributed by atoms with E-state index in [1.54, 1.807) is 11.3 Å².